The molecule has 0 heterocycles. The summed E-state index contributed by atoms with van der Waals surface area (Å²) in [6.45, 7) is 5.89. The fourth-order valence-electron chi connectivity index (χ4n) is 1.95. The Hall–Kier alpha value is -1.75. The number of aromatic hydroxyl groups is 1. The minimum Gasteiger partial charge on any atom is -0.506 e. The zero-order chi connectivity index (χ0) is 16.2. The molecule has 1 rings (SSSR count). The number of aliphatic carboxylic acids is 1. The number of phenols is 1. The van der Waals surface area contributed by atoms with Crippen LogP contribution in [0.1, 0.15) is 37.6 Å². The highest BCUT2D eigenvalue weighted by Gasteiger charge is 2.25. The molecule has 1 unspecified atom stereocenters. The number of benzene rings is 1. The Bertz CT molecular complexity index is 537. The molecule has 5 nitrogen and oxygen atoms in total. The van der Waals surface area contributed by atoms with E-state index in [-0.39, 0.29) is 28.3 Å². The van der Waals surface area contributed by atoms with E-state index in [1.165, 1.54) is 18.2 Å². The summed E-state index contributed by atoms with van der Waals surface area (Å²) in [5.74, 6) is -2.11. The van der Waals surface area contributed by atoms with Crippen LogP contribution in [0, 0.1) is 11.3 Å². The summed E-state index contributed by atoms with van der Waals surface area (Å²) < 4.78 is 0. The Labute approximate surface area is 128 Å². The monoisotopic (exact) mass is 313 g/mol. The number of nitrogens with one attached hydrogen (secondary N) is 1. The second-order valence-corrected chi connectivity index (χ2v) is 6.58. The van der Waals surface area contributed by atoms with Gasteiger partial charge in [0.05, 0.1) is 10.9 Å². The first-order valence-corrected chi connectivity index (χ1v) is 6.97. The molecule has 0 aliphatic heterocycles. The highest BCUT2D eigenvalue weighted by atomic mass is 35.5. The van der Waals surface area contributed by atoms with Crippen LogP contribution in [0.15, 0.2) is 18.2 Å². The quantitative estimate of drug-likeness (QED) is 0.780. The van der Waals surface area contributed by atoms with Gasteiger partial charge in [-0.15, -0.1) is 0 Å². The lowest BCUT2D eigenvalue weighted by molar-refractivity contribution is -0.142. The first-order chi connectivity index (χ1) is 9.60. The normalized spacial score (nSPS) is 12.8. The van der Waals surface area contributed by atoms with Crippen LogP contribution in [-0.4, -0.2) is 28.6 Å². The number of carbonyl (C=O) groups excluding carboxylic acids is 1. The molecule has 0 bridgehead atoms. The molecular formula is C15H20ClNO4. The predicted octanol–water partition coefficient (Wildman–Crippen LogP) is 2.91. The van der Waals surface area contributed by atoms with Crippen LogP contribution in [0.2, 0.25) is 5.02 Å². The van der Waals surface area contributed by atoms with Crippen LogP contribution >= 0.6 is 11.6 Å². The van der Waals surface area contributed by atoms with Crippen molar-refractivity contribution >= 4 is 23.5 Å². The lowest BCUT2D eigenvalue weighted by Gasteiger charge is -2.23. The minimum absolute atomic E-state index is 0.0456. The SMILES string of the molecule is CC(C)(C)CC(CNC(=O)c1ccc(O)c(Cl)c1)C(=O)O. The maximum Gasteiger partial charge on any atom is 0.308 e. The molecule has 3 N–H and O–H groups in total. The second kappa shape index (κ2) is 6.80. The summed E-state index contributed by atoms with van der Waals surface area (Å²) in [5.41, 5.74) is 0.132. The number of carboxylic acids is 1. The molecule has 1 atom stereocenters. The van der Waals surface area contributed by atoms with Crippen molar-refractivity contribution in [2.75, 3.05) is 6.54 Å². The predicted molar refractivity (Wildman–Crippen MR) is 80.6 cm³/mol. The minimum atomic E-state index is -0.936. The van der Waals surface area contributed by atoms with Crippen molar-refractivity contribution in [2.24, 2.45) is 11.3 Å². The molecule has 0 aromatic heterocycles. The van der Waals surface area contributed by atoms with E-state index in [0.717, 1.165) is 0 Å². The summed E-state index contributed by atoms with van der Waals surface area (Å²) in [7, 11) is 0. The highest BCUT2D eigenvalue weighted by molar-refractivity contribution is 6.32. The topological polar surface area (TPSA) is 86.6 Å². The number of phenolic OH excluding ortho intramolecular Hbond substituents is 1. The third kappa shape index (κ3) is 5.63. The van der Waals surface area contributed by atoms with Crippen molar-refractivity contribution in [1.29, 1.82) is 0 Å². The van der Waals surface area contributed by atoms with Gasteiger partial charge in [0.2, 0.25) is 0 Å². The standard InChI is InChI=1S/C15H20ClNO4/c1-15(2,3)7-10(14(20)21)8-17-13(19)9-4-5-12(18)11(16)6-9/h4-6,10,18H,7-8H2,1-3H3,(H,17,19)(H,20,21). The van der Waals surface area contributed by atoms with Gasteiger partial charge in [-0.3, -0.25) is 9.59 Å². The summed E-state index contributed by atoms with van der Waals surface area (Å²) in [6.07, 6.45) is 0.457. The highest BCUT2D eigenvalue weighted by Crippen LogP contribution is 2.25. The third-order valence-electron chi connectivity index (χ3n) is 2.93. The fourth-order valence-corrected chi connectivity index (χ4v) is 2.13. The molecule has 21 heavy (non-hydrogen) atoms. The van der Waals surface area contributed by atoms with E-state index in [1.54, 1.807) is 0 Å². The van der Waals surface area contributed by atoms with Crippen molar-refractivity contribution in [3.63, 3.8) is 0 Å². The van der Waals surface area contributed by atoms with E-state index in [9.17, 15) is 19.8 Å². The fraction of sp³-hybridized carbons (Fsp3) is 0.467. The van der Waals surface area contributed by atoms with E-state index in [4.69, 9.17) is 11.6 Å². The molecule has 6 heteroatoms. The van der Waals surface area contributed by atoms with Gasteiger partial charge >= 0.3 is 5.97 Å². The Morgan fingerprint density at radius 1 is 1.33 bits per heavy atom. The van der Waals surface area contributed by atoms with Gasteiger partial charge in [-0.2, -0.15) is 0 Å². The Balaban J connectivity index is 2.69. The molecule has 0 aliphatic carbocycles. The summed E-state index contributed by atoms with van der Waals surface area (Å²) in [6, 6.07) is 4.09. The number of hydrogen-bond donors (Lipinski definition) is 3. The van der Waals surface area contributed by atoms with Crippen molar-refractivity contribution in [3.05, 3.63) is 28.8 Å². The third-order valence-corrected chi connectivity index (χ3v) is 3.23. The smallest absolute Gasteiger partial charge is 0.308 e. The maximum absolute atomic E-state index is 12.0. The van der Waals surface area contributed by atoms with Gasteiger partial charge in [0.25, 0.3) is 5.91 Å². The first kappa shape index (κ1) is 17.3. The van der Waals surface area contributed by atoms with Crippen LogP contribution in [0.25, 0.3) is 0 Å². The Morgan fingerprint density at radius 2 is 1.95 bits per heavy atom. The van der Waals surface area contributed by atoms with E-state index in [0.29, 0.717) is 6.42 Å². The average molecular weight is 314 g/mol. The van der Waals surface area contributed by atoms with Gasteiger partial charge in [-0.1, -0.05) is 32.4 Å². The van der Waals surface area contributed by atoms with Gasteiger partial charge < -0.3 is 15.5 Å². The van der Waals surface area contributed by atoms with Crippen LogP contribution in [0.4, 0.5) is 0 Å². The van der Waals surface area contributed by atoms with Gasteiger partial charge in [-0.05, 0) is 30.0 Å². The summed E-state index contributed by atoms with van der Waals surface area (Å²) in [5, 5.41) is 21.2. The van der Waals surface area contributed by atoms with Crippen LogP contribution < -0.4 is 5.32 Å². The molecule has 0 saturated heterocycles. The number of hydrogen-bond acceptors (Lipinski definition) is 3. The number of amides is 1. The number of carboxylic acid groups (broad SMARTS) is 1. The zero-order valence-corrected chi connectivity index (χ0v) is 13.1. The molecule has 0 spiro atoms. The summed E-state index contributed by atoms with van der Waals surface area (Å²) in [4.78, 5) is 23.2. The van der Waals surface area contributed by atoms with Crippen molar-refractivity contribution < 1.29 is 19.8 Å². The van der Waals surface area contributed by atoms with Crippen molar-refractivity contribution in [2.45, 2.75) is 27.2 Å². The van der Waals surface area contributed by atoms with E-state index < -0.39 is 17.8 Å². The molecular weight excluding hydrogens is 294 g/mol. The lowest BCUT2D eigenvalue weighted by atomic mass is 9.84. The van der Waals surface area contributed by atoms with Crippen LogP contribution in [0.3, 0.4) is 0 Å². The van der Waals surface area contributed by atoms with Gasteiger partial charge in [0, 0.05) is 12.1 Å². The average Bonchev–Trinajstić information content (AvgIpc) is 2.35. The number of carbonyl (C=O) groups is 2. The maximum atomic E-state index is 12.0. The molecule has 1 amide bonds. The van der Waals surface area contributed by atoms with E-state index in [2.05, 4.69) is 5.32 Å². The molecule has 0 radical (unpaired) electrons. The van der Waals surface area contributed by atoms with Gasteiger partial charge in [0.1, 0.15) is 5.75 Å². The Morgan fingerprint density at radius 3 is 2.43 bits per heavy atom. The summed E-state index contributed by atoms with van der Waals surface area (Å²) >= 11 is 5.73. The van der Waals surface area contributed by atoms with Gasteiger partial charge in [0.15, 0.2) is 0 Å². The molecule has 1 aromatic rings. The molecule has 116 valence electrons. The van der Waals surface area contributed by atoms with E-state index >= 15 is 0 Å². The second-order valence-electron chi connectivity index (χ2n) is 6.18. The van der Waals surface area contributed by atoms with Crippen LogP contribution in [-0.2, 0) is 4.79 Å². The zero-order valence-electron chi connectivity index (χ0n) is 12.3. The van der Waals surface area contributed by atoms with Crippen molar-refractivity contribution in [1.82, 2.24) is 5.32 Å². The largest absolute Gasteiger partial charge is 0.506 e. The number of halogens is 1. The van der Waals surface area contributed by atoms with E-state index in [1.807, 2.05) is 20.8 Å². The molecule has 1 aromatic carbocycles. The van der Waals surface area contributed by atoms with Crippen molar-refractivity contribution in [3.8, 4) is 5.75 Å². The number of rotatable bonds is 5. The molecule has 0 aliphatic rings. The molecule has 0 fully saturated rings. The van der Waals surface area contributed by atoms with Gasteiger partial charge in [-0.25, -0.2) is 0 Å². The molecule has 0 saturated carbocycles. The lowest BCUT2D eigenvalue weighted by Crippen LogP contribution is -2.35. The first-order valence-electron chi connectivity index (χ1n) is 6.59. The Kier molecular flexibility index (Phi) is 5.61. The van der Waals surface area contributed by atoms with Crippen LogP contribution in [0.5, 0.6) is 5.75 Å².